The molecule has 1 rings (SSSR count). The van der Waals surface area contributed by atoms with E-state index in [4.69, 9.17) is 0 Å². The molecule has 0 aromatic rings. The maximum Gasteiger partial charge on any atom is 0.413 e. The summed E-state index contributed by atoms with van der Waals surface area (Å²) >= 11 is 0. The van der Waals surface area contributed by atoms with Gasteiger partial charge in [-0.05, 0) is 0 Å². The lowest BCUT2D eigenvalue weighted by atomic mass is 10.8. The summed E-state index contributed by atoms with van der Waals surface area (Å²) in [5.74, 6) is 0. The molecular weight excluding hydrogens is 161 g/mol. The van der Waals surface area contributed by atoms with Gasteiger partial charge in [0.05, 0.1) is 0 Å². The van der Waals surface area contributed by atoms with Crippen LogP contribution >= 0.6 is 0 Å². The molecule has 1 aliphatic heterocycles. The fraction of sp³-hybridized carbons (Fsp3) is 1.00. The largest absolute Gasteiger partial charge is 0.413 e. The molecular formula is C5H9F3OSi. The van der Waals surface area contributed by atoms with Gasteiger partial charge in [0.1, 0.15) is 8.07 Å². The van der Waals surface area contributed by atoms with Crippen molar-refractivity contribution in [2.75, 3.05) is 0 Å². The summed E-state index contributed by atoms with van der Waals surface area (Å²) in [5, 5.41) is 0. The molecule has 0 amide bonds. The summed E-state index contributed by atoms with van der Waals surface area (Å²) in [6.45, 7) is 4.52. The Hall–Kier alpha value is -0.0331. The molecule has 1 heterocycles. The summed E-state index contributed by atoms with van der Waals surface area (Å²) in [6, 6.07) is 0. The second kappa shape index (κ2) is 1.58. The predicted octanol–water partition coefficient (Wildman–Crippen LogP) is 2.15. The number of ether oxygens (including phenoxy) is 1. The molecule has 0 saturated carbocycles. The van der Waals surface area contributed by atoms with Crippen LogP contribution in [0.15, 0.2) is 0 Å². The summed E-state index contributed by atoms with van der Waals surface area (Å²) in [4.78, 5) is 0. The first-order valence-electron chi connectivity index (χ1n) is 2.98. The van der Waals surface area contributed by atoms with Gasteiger partial charge in [-0.15, -0.1) is 0 Å². The van der Waals surface area contributed by atoms with E-state index in [1.54, 1.807) is 0 Å². The van der Waals surface area contributed by atoms with E-state index in [2.05, 4.69) is 4.74 Å². The normalized spacial score (nSPS) is 37.8. The molecule has 5 heteroatoms. The molecule has 0 aromatic heterocycles. The Morgan fingerprint density at radius 1 is 1.10 bits per heavy atom. The van der Waals surface area contributed by atoms with Crippen molar-refractivity contribution < 1.29 is 17.9 Å². The third-order valence-corrected chi connectivity index (χ3v) is 3.89. The number of alkyl halides is 3. The van der Waals surface area contributed by atoms with Gasteiger partial charge in [0.15, 0.2) is 0 Å². The molecule has 1 saturated heterocycles. The van der Waals surface area contributed by atoms with Crippen LogP contribution in [0.1, 0.15) is 0 Å². The fourth-order valence-electron chi connectivity index (χ4n) is 0.741. The SMILES string of the molecule is C[Si](C)(C)C1(F)OC1(F)F. The third kappa shape index (κ3) is 0.801. The number of epoxide rings is 1. The second-order valence-electron chi connectivity index (χ2n) is 3.46. The van der Waals surface area contributed by atoms with Crippen LogP contribution in [0.2, 0.25) is 19.6 Å². The van der Waals surface area contributed by atoms with Gasteiger partial charge < -0.3 is 0 Å². The maximum absolute atomic E-state index is 12.9. The summed E-state index contributed by atoms with van der Waals surface area (Å²) < 4.78 is 40.8. The van der Waals surface area contributed by atoms with Crippen molar-refractivity contribution in [2.45, 2.75) is 31.2 Å². The lowest BCUT2D eigenvalue weighted by Gasteiger charge is -2.15. The smallest absolute Gasteiger partial charge is 0.274 e. The van der Waals surface area contributed by atoms with Gasteiger partial charge in [0.2, 0.25) is 0 Å². The third-order valence-electron chi connectivity index (χ3n) is 1.57. The van der Waals surface area contributed by atoms with Crippen LogP contribution < -0.4 is 0 Å². The highest BCUT2D eigenvalue weighted by Gasteiger charge is 2.81. The van der Waals surface area contributed by atoms with E-state index < -0.39 is 19.7 Å². The van der Waals surface area contributed by atoms with E-state index in [0.717, 1.165) is 0 Å². The van der Waals surface area contributed by atoms with Crippen molar-refractivity contribution in [2.24, 2.45) is 0 Å². The van der Waals surface area contributed by atoms with Crippen molar-refractivity contribution in [1.29, 1.82) is 0 Å². The standard InChI is InChI=1S/C5H9F3OSi/c1-10(2,3)5(8)4(6,7)9-5/h1-3H3. The highest BCUT2D eigenvalue weighted by atomic mass is 28.3. The van der Waals surface area contributed by atoms with Crippen LogP contribution in [0.4, 0.5) is 13.2 Å². The molecule has 1 nitrogen and oxygen atoms in total. The minimum atomic E-state index is -3.52. The minimum absolute atomic E-state index is 1.51. The minimum Gasteiger partial charge on any atom is -0.274 e. The highest BCUT2D eigenvalue weighted by Crippen LogP contribution is 2.56. The Bertz CT molecular complexity index is 165. The van der Waals surface area contributed by atoms with Gasteiger partial charge in [-0.2, -0.15) is 8.78 Å². The van der Waals surface area contributed by atoms with Crippen LogP contribution in [-0.4, -0.2) is 19.7 Å². The van der Waals surface area contributed by atoms with E-state index >= 15 is 0 Å². The lowest BCUT2D eigenvalue weighted by Crippen LogP contribution is -2.41. The fourth-order valence-corrected chi connectivity index (χ4v) is 2.05. The molecule has 0 bridgehead atoms. The topological polar surface area (TPSA) is 12.5 Å². The molecule has 10 heavy (non-hydrogen) atoms. The van der Waals surface area contributed by atoms with Gasteiger partial charge in [-0.1, -0.05) is 19.6 Å². The van der Waals surface area contributed by atoms with E-state index in [9.17, 15) is 13.2 Å². The summed E-state index contributed by atoms with van der Waals surface area (Å²) in [6.07, 6.45) is -3.52. The number of rotatable bonds is 1. The zero-order chi connectivity index (χ0) is 8.21. The average molecular weight is 170 g/mol. The van der Waals surface area contributed by atoms with Gasteiger partial charge in [-0.25, -0.2) is 4.39 Å². The second-order valence-corrected chi connectivity index (χ2v) is 8.61. The average Bonchev–Trinajstić information content (AvgIpc) is 2.05. The molecule has 1 unspecified atom stereocenters. The predicted molar refractivity (Wildman–Crippen MR) is 33.2 cm³/mol. The molecule has 1 aliphatic rings. The van der Waals surface area contributed by atoms with E-state index in [1.165, 1.54) is 19.6 Å². The summed E-state index contributed by atoms with van der Waals surface area (Å²) in [7, 11) is -2.52. The molecule has 60 valence electrons. The number of hydrogen-bond acceptors (Lipinski definition) is 1. The zero-order valence-electron chi connectivity index (χ0n) is 6.04. The Balaban J connectivity index is 2.78. The van der Waals surface area contributed by atoms with Crippen molar-refractivity contribution >= 4 is 8.07 Å². The van der Waals surface area contributed by atoms with Crippen LogP contribution in [0.25, 0.3) is 0 Å². The Morgan fingerprint density at radius 2 is 1.40 bits per heavy atom. The first-order chi connectivity index (χ1) is 4.21. The number of halogens is 3. The Morgan fingerprint density at radius 3 is 1.40 bits per heavy atom. The van der Waals surface area contributed by atoms with Gasteiger partial charge in [0.25, 0.3) is 5.48 Å². The highest BCUT2D eigenvalue weighted by molar-refractivity contribution is 6.79. The molecule has 0 spiro atoms. The number of hydrogen-bond donors (Lipinski definition) is 0. The van der Waals surface area contributed by atoms with Crippen molar-refractivity contribution in [1.82, 2.24) is 0 Å². The van der Waals surface area contributed by atoms with Crippen LogP contribution in [0.5, 0.6) is 0 Å². The molecule has 1 atom stereocenters. The van der Waals surface area contributed by atoms with E-state index in [0.29, 0.717) is 0 Å². The first kappa shape index (κ1) is 8.07. The lowest BCUT2D eigenvalue weighted by molar-refractivity contribution is 0.0000197. The molecule has 0 radical (unpaired) electrons. The monoisotopic (exact) mass is 170 g/mol. The quantitative estimate of drug-likeness (QED) is 0.434. The molecule has 1 fully saturated rings. The van der Waals surface area contributed by atoms with Gasteiger partial charge >= 0.3 is 6.11 Å². The first-order valence-corrected chi connectivity index (χ1v) is 6.48. The Kier molecular flexibility index (Phi) is 1.28. The molecule has 0 aliphatic carbocycles. The van der Waals surface area contributed by atoms with Crippen LogP contribution in [0.3, 0.4) is 0 Å². The van der Waals surface area contributed by atoms with Gasteiger partial charge in [-0.3, -0.25) is 4.74 Å². The van der Waals surface area contributed by atoms with Crippen LogP contribution in [-0.2, 0) is 4.74 Å². The Labute approximate surface area is 58.2 Å². The zero-order valence-corrected chi connectivity index (χ0v) is 7.04. The van der Waals surface area contributed by atoms with Gasteiger partial charge in [0, 0.05) is 0 Å². The molecule has 0 N–H and O–H groups in total. The van der Waals surface area contributed by atoms with Crippen molar-refractivity contribution in [3.63, 3.8) is 0 Å². The van der Waals surface area contributed by atoms with Crippen molar-refractivity contribution in [3.05, 3.63) is 0 Å². The summed E-state index contributed by atoms with van der Waals surface area (Å²) in [5.41, 5.74) is -2.61. The van der Waals surface area contributed by atoms with E-state index in [1.807, 2.05) is 0 Å². The van der Waals surface area contributed by atoms with Crippen LogP contribution in [0, 0.1) is 0 Å². The van der Waals surface area contributed by atoms with E-state index in [-0.39, 0.29) is 0 Å². The molecule has 0 aromatic carbocycles. The van der Waals surface area contributed by atoms with Crippen molar-refractivity contribution in [3.8, 4) is 0 Å². The maximum atomic E-state index is 12.9.